The zero-order valence-electron chi connectivity index (χ0n) is 9.25. The van der Waals surface area contributed by atoms with E-state index in [1.54, 1.807) is 0 Å². The van der Waals surface area contributed by atoms with Gasteiger partial charge in [-0.05, 0) is 20.5 Å². The zero-order valence-corrected chi connectivity index (χ0v) is 9.25. The number of rotatable bonds is 2. The molecule has 1 fully saturated rings. The van der Waals surface area contributed by atoms with Crippen molar-refractivity contribution in [2.75, 3.05) is 34.2 Å². The molecule has 0 radical (unpaired) electrons. The normalized spacial score (nSPS) is 24.5. The van der Waals surface area contributed by atoms with Gasteiger partial charge in [-0.15, -0.1) is 0 Å². The van der Waals surface area contributed by atoms with Gasteiger partial charge in [-0.3, -0.25) is 4.99 Å². The zero-order chi connectivity index (χ0) is 9.84. The molecule has 0 amide bonds. The summed E-state index contributed by atoms with van der Waals surface area (Å²) >= 11 is 0. The minimum atomic E-state index is 0.711. The van der Waals surface area contributed by atoms with Crippen molar-refractivity contribution in [1.82, 2.24) is 9.80 Å². The Morgan fingerprint density at radius 1 is 1.54 bits per heavy atom. The summed E-state index contributed by atoms with van der Waals surface area (Å²) in [6.07, 6.45) is 2.32. The van der Waals surface area contributed by atoms with Crippen LogP contribution in [-0.2, 0) is 0 Å². The monoisotopic (exact) mass is 183 g/mol. The third kappa shape index (κ3) is 2.44. The van der Waals surface area contributed by atoms with Crippen LogP contribution in [0.2, 0.25) is 0 Å². The van der Waals surface area contributed by atoms with E-state index >= 15 is 0 Å². The number of likely N-dealkylation sites (N-methyl/N-ethyl adjacent to an activating group) is 1. The van der Waals surface area contributed by atoms with Crippen molar-refractivity contribution < 1.29 is 0 Å². The van der Waals surface area contributed by atoms with Crippen LogP contribution >= 0.6 is 0 Å². The van der Waals surface area contributed by atoms with Crippen molar-refractivity contribution in [2.45, 2.75) is 25.8 Å². The molecule has 1 aliphatic heterocycles. The SMILES string of the molecule is CCC(=NC)N1CC[C@@H](N(C)C)C1. The van der Waals surface area contributed by atoms with Crippen molar-refractivity contribution >= 4 is 5.84 Å². The van der Waals surface area contributed by atoms with E-state index in [1.165, 1.54) is 18.8 Å². The minimum absolute atomic E-state index is 0.711. The first-order valence-electron chi connectivity index (χ1n) is 5.06. The Morgan fingerprint density at radius 2 is 2.23 bits per heavy atom. The molecule has 76 valence electrons. The van der Waals surface area contributed by atoms with Crippen molar-refractivity contribution in [3.05, 3.63) is 0 Å². The van der Waals surface area contributed by atoms with E-state index in [0.29, 0.717) is 6.04 Å². The summed E-state index contributed by atoms with van der Waals surface area (Å²) in [5.74, 6) is 1.25. The third-order valence-corrected chi connectivity index (χ3v) is 2.83. The Balaban J connectivity index is 2.49. The van der Waals surface area contributed by atoms with Crippen LogP contribution in [0, 0.1) is 0 Å². The van der Waals surface area contributed by atoms with Crippen LogP contribution in [0.1, 0.15) is 19.8 Å². The van der Waals surface area contributed by atoms with Crippen LogP contribution in [0.4, 0.5) is 0 Å². The highest BCUT2D eigenvalue weighted by atomic mass is 15.3. The van der Waals surface area contributed by atoms with E-state index in [1.807, 2.05) is 7.05 Å². The number of hydrogen-bond donors (Lipinski definition) is 0. The molecule has 0 aromatic heterocycles. The van der Waals surface area contributed by atoms with Crippen molar-refractivity contribution in [2.24, 2.45) is 4.99 Å². The third-order valence-electron chi connectivity index (χ3n) is 2.83. The fourth-order valence-electron chi connectivity index (χ4n) is 1.92. The molecule has 3 heteroatoms. The predicted molar refractivity (Wildman–Crippen MR) is 57.3 cm³/mol. The fourth-order valence-corrected chi connectivity index (χ4v) is 1.92. The molecule has 0 bridgehead atoms. The van der Waals surface area contributed by atoms with Crippen LogP contribution in [0.3, 0.4) is 0 Å². The molecule has 0 aliphatic carbocycles. The smallest absolute Gasteiger partial charge is 0.0983 e. The summed E-state index contributed by atoms with van der Waals surface area (Å²) in [5.41, 5.74) is 0. The van der Waals surface area contributed by atoms with E-state index in [9.17, 15) is 0 Å². The Hall–Kier alpha value is -0.570. The average Bonchev–Trinajstić information content (AvgIpc) is 2.56. The quantitative estimate of drug-likeness (QED) is 0.471. The molecular weight excluding hydrogens is 162 g/mol. The number of amidine groups is 1. The van der Waals surface area contributed by atoms with Gasteiger partial charge in [0.1, 0.15) is 0 Å². The van der Waals surface area contributed by atoms with Crippen LogP contribution < -0.4 is 0 Å². The second-order valence-corrected chi connectivity index (χ2v) is 3.85. The van der Waals surface area contributed by atoms with Gasteiger partial charge in [0.25, 0.3) is 0 Å². The Kier molecular flexibility index (Phi) is 3.72. The van der Waals surface area contributed by atoms with E-state index in [4.69, 9.17) is 0 Å². The molecule has 1 aliphatic rings. The molecule has 0 saturated carbocycles. The molecule has 3 nitrogen and oxygen atoms in total. The second-order valence-electron chi connectivity index (χ2n) is 3.85. The average molecular weight is 183 g/mol. The highest BCUT2D eigenvalue weighted by Gasteiger charge is 2.24. The van der Waals surface area contributed by atoms with Crippen LogP contribution in [0.25, 0.3) is 0 Å². The molecular formula is C10H21N3. The molecule has 0 spiro atoms. The maximum absolute atomic E-state index is 4.31. The lowest BCUT2D eigenvalue weighted by Gasteiger charge is -2.22. The lowest BCUT2D eigenvalue weighted by molar-refractivity contribution is 0.300. The van der Waals surface area contributed by atoms with Gasteiger partial charge in [-0.1, -0.05) is 6.92 Å². The van der Waals surface area contributed by atoms with Gasteiger partial charge in [0.15, 0.2) is 0 Å². The first kappa shape index (κ1) is 10.5. The van der Waals surface area contributed by atoms with Gasteiger partial charge in [-0.25, -0.2) is 0 Å². The molecule has 0 aromatic rings. The van der Waals surface area contributed by atoms with Gasteiger partial charge < -0.3 is 9.80 Å². The topological polar surface area (TPSA) is 18.8 Å². The molecule has 1 heterocycles. The van der Waals surface area contributed by atoms with Crippen molar-refractivity contribution in [1.29, 1.82) is 0 Å². The van der Waals surface area contributed by atoms with Gasteiger partial charge in [0.2, 0.25) is 0 Å². The number of hydrogen-bond acceptors (Lipinski definition) is 2. The fraction of sp³-hybridized carbons (Fsp3) is 0.900. The lowest BCUT2D eigenvalue weighted by atomic mass is 10.2. The Morgan fingerprint density at radius 3 is 2.62 bits per heavy atom. The highest BCUT2D eigenvalue weighted by Crippen LogP contribution is 2.14. The molecule has 13 heavy (non-hydrogen) atoms. The summed E-state index contributed by atoms with van der Waals surface area (Å²) in [5, 5.41) is 0. The summed E-state index contributed by atoms with van der Waals surface area (Å²) in [7, 11) is 6.20. The van der Waals surface area contributed by atoms with Crippen molar-refractivity contribution in [3.63, 3.8) is 0 Å². The van der Waals surface area contributed by atoms with Crippen LogP contribution in [0.5, 0.6) is 0 Å². The van der Waals surface area contributed by atoms with Crippen molar-refractivity contribution in [3.8, 4) is 0 Å². The van der Waals surface area contributed by atoms with Crippen LogP contribution in [-0.4, -0.2) is 55.9 Å². The van der Waals surface area contributed by atoms with E-state index < -0.39 is 0 Å². The summed E-state index contributed by atoms with van der Waals surface area (Å²) in [4.78, 5) is 9.02. The predicted octanol–water partition coefficient (Wildman–Crippen LogP) is 1.06. The van der Waals surface area contributed by atoms with Gasteiger partial charge in [0, 0.05) is 32.6 Å². The first-order chi connectivity index (χ1) is 6.19. The summed E-state index contributed by atoms with van der Waals surface area (Å²) in [6, 6.07) is 0.711. The van der Waals surface area contributed by atoms with Crippen LogP contribution in [0.15, 0.2) is 4.99 Å². The highest BCUT2D eigenvalue weighted by molar-refractivity contribution is 5.82. The van der Waals surface area contributed by atoms with Gasteiger partial charge >= 0.3 is 0 Å². The van der Waals surface area contributed by atoms with E-state index in [2.05, 4.69) is 35.8 Å². The van der Waals surface area contributed by atoms with Gasteiger partial charge in [0.05, 0.1) is 5.84 Å². The summed E-state index contributed by atoms with van der Waals surface area (Å²) < 4.78 is 0. The maximum Gasteiger partial charge on any atom is 0.0983 e. The molecule has 1 saturated heterocycles. The number of aliphatic imine (C=N–C) groups is 1. The Labute approximate surface area is 81.4 Å². The molecule has 0 unspecified atom stereocenters. The van der Waals surface area contributed by atoms with E-state index in [-0.39, 0.29) is 0 Å². The standard InChI is InChI=1S/C10H21N3/c1-5-10(11-2)13-7-6-9(8-13)12(3)4/h9H,5-8H2,1-4H3/t9-/m1/s1. The maximum atomic E-state index is 4.31. The lowest BCUT2D eigenvalue weighted by Crippen LogP contribution is -2.34. The first-order valence-corrected chi connectivity index (χ1v) is 5.06. The number of nitrogens with zero attached hydrogens (tertiary/aromatic N) is 3. The van der Waals surface area contributed by atoms with Gasteiger partial charge in [-0.2, -0.15) is 0 Å². The summed E-state index contributed by atoms with van der Waals surface area (Å²) in [6.45, 7) is 4.49. The Bertz CT molecular complexity index is 187. The molecule has 0 aromatic carbocycles. The minimum Gasteiger partial charge on any atom is -0.359 e. The molecule has 0 N–H and O–H groups in total. The number of likely N-dealkylation sites (tertiary alicyclic amines) is 1. The largest absolute Gasteiger partial charge is 0.359 e. The molecule has 1 rings (SSSR count). The second kappa shape index (κ2) is 4.61. The molecule has 1 atom stereocenters. The van der Waals surface area contributed by atoms with E-state index in [0.717, 1.165) is 13.0 Å².